The van der Waals surface area contributed by atoms with E-state index in [4.69, 9.17) is 4.43 Å². The number of rotatable bonds is 8. The van der Waals surface area contributed by atoms with E-state index >= 15 is 0 Å². The van der Waals surface area contributed by atoms with E-state index in [2.05, 4.69) is 33.9 Å². The monoisotopic (exact) mass is 363 g/mol. The van der Waals surface area contributed by atoms with Crippen molar-refractivity contribution in [1.82, 2.24) is 4.90 Å². The largest absolute Gasteiger partial charge is 0.417 e. The third-order valence-corrected chi connectivity index (χ3v) is 10.3. The molecular weight excluding hydrogens is 330 g/mol. The van der Waals surface area contributed by atoms with Gasteiger partial charge in [0.15, 0.2) is 8.32 Å². The average molecular weight is 364 g/mol. The molecule has 140 valence electrons. The molecule has 1 aliphatic rings. The molecule has 2 atom stereocenters. The smallest absolute Gasteiger partial charge is 0.228 e. The molecule has 5 heteroatoms. The van der Waals surface area contributed by atoms with Crippen molar-refractivity contribution in [3.63, 3.8) is 0 Å². The van der Waals surface area contributed by atoms with Crippen LogP contribution < -0.4 is 0 Å². The van der Waals surface area contributed by atoms with Crippen LogP contribution in [0.5, 0.6) is 0 Å². The summed E-state index contributed by atoms with van der Waals surface area (Å²) in [6.45, 7) is 12.5. The fraction of sp³-hybridized carbons (Fsp3) is 0.650. The molecule has 1 heterocycles. The van der Waals surface area contributed by atoms with Crippen LogP contribution >= 0.6 is 0 Å². The van der Waals surface area contributed by atoms with Gasteiger partial charge in [0.1, 0.15) is 0 Å². The first kappa shape index (κ1) is 20.1. The Morgan fingerprint density at radius 3 is 2.36 bits per heavy atom. The van der Waals surface area contributed by atoms with Crippen molar-refractivity contribution < 1.29 is 14.3 Å². The molecule has 1 aromatic carbocycles. The minimum atomic E-state index is -1.78. The number of β-lactam (4-membered cyclic amide) rings is 1. The number of aliphatic hydroxyl groups is 1. The lowest BCUT2D eigenvalue weighted by atomic mass is 9.82. The van der Waals surface area contributed by atoms with Crippen molar-refractivity contribution in [3.8, 4) is 0 Å². The molecular formula is C20H33NO3Si. The number of aliphatic hydroxyl groups excluding tert-OH is 1. The number of hydrogen-bond acceptors (Lipinski definition) is 3. The molecule has 0 spiro atoms. The van der Waals surface area contributed by atoms with Crippen molar-refractivity contribution in [2.75, 3.05) is 13.2 Å². The zero-order valence-electron chi connectivity index (χ0n) is 16.3. The zero-order chi connectivity index (χ0) is 18.7. The lowest BCUT2D eigenvalue weighted by Crippen LogP contribution is -2.60. The molecule has 1 saturated heterocycles. The van der Waals surface area contributed by atoms with Gasteiger partial charge in [0.05, 0.1) is 5.92 Å². The quantitative estimate of drug-likeness (QED) is 0.564. The Hall–Kier alpha value is -1.17. The van der Waals surface area contributed by atoms with E-state index in [9.17, 15) is 9.90 Å². The second-order valence-electron chi connectivity index (χ2n) is 8.54. The third-order valence-electron chi connectivity index (χ3n) is 5.78. The summed E-state index contributed by atoms with van der Waals surface area (Å²) in [6.07, 6.45) is 1.39. The number of amides is 1. The number of benzene rings is 1. The molecule has 1 aliphatic heterocycles. The predicted octanol–water partition coefficient (Wildman–Crippen LogP) is 3.81. The predicted molar refractivity (Wildman–Crippen MR) is 104 cm³/mol. The van der Waals surface area contributed by atoms with Gasteiger partial charge < -0.3 is 14.4 Å². The van der Waals surface area contributed by atoms with Gasteiger partial charge >= 0.3 is 0 Å². The van der Waals surface area contributed by atoms with E-state index in [1.54, 1.807) is 0 Å². The summed E-state index contributed by atoms with van der Waals surface area (Å²) in [5, 5.41) is 9.57. The second kappa shape index (κ2) is 8.02. The van der Waals surface area contributed by atoms with Crippen molar-refractivity contribution >= 4 is 14.2 Å². The summed E-state index contributed by atoms with van der Waals surface area (Å²) in [7, 11) is -1.78. The van der Waals surface area contributed by atoms with E-state index in [1.807, 2.05) is 35.2 Å². The summed E-state index contributed by atoms with van der Waals surface area (Å²) in [5.41, 5.74) is 1.13. The van der Waals surface area contributed by atoms with E-state index in [1.165, 1.54) is 0 Å². The Morgan fingerprint density at radius 1 is 1.16 bits per heavy atom. The van der Waals surface area contributed by atoms with Crippen LogP contribution in [-0.4, -0.2) is 43.5 Å². The van der Waals surface area contributed by atoms with Gasteiger partial charge in [-0.3, -0.25) is 4.79 Å². The molecule has 0 bridgehead atoms. The van der Waals surface area contributed by atoms with E-state index in [0.717, 1.165) is 12.0 Å². The van der Waals surface area contributed by atoms with Crippen LogP contribution in [0.1, 0.15) is 39.2 Å². The van der Waals surface area contributed by atoms with Crippen molar-refractivity contribution in [2.24, 2.45) is 5.92 Å². The Morgan fingerprint density at radius 2 is 1.80 bits per heavy atom. The molecule has 2 rings (SSSR count). The van der Waals surface area contributed by atoms with Gasteiger partial charge in [-0.15, -0.1) is 0 Å². The number of carbonyl (C=O) groups excluding carboxylic acids is 1. The highest BCUT2D eigenvalue weighted by Gasteiger charge is 2.46. The molecule has 0 aliphatic carbocycles. The normalized spacial score (nSPS) is 21.4. The molecule has 1 amide bonds. The summed E-state index contributed by atoms with van der Waals surface area (Å²) in [4.78, 5) is 14.5. The third kappa shape index (κ3) is 4.71. The zero-order valence-corrected chi connectivity index (χ0v) is 17.3. The van der Waals surface area contributed by atoms with Crippen LogP contribution in [0, 0.1) is 5.92 Å². The van der Waals surface area contributed by atoms with Crippen molar-refractivity contribution in [2.45, 2.75) is 64.3 Å². The molecule has 1 fully saturated rings. The number of nitrogens with zero attached hydrogens (tertiary/aromatic N) is 1. The summed E-state index contributed by atoms with van der Waals surface area (Å²) >= 11 is 0. The number of likely N-dealkylation sites (tertiary alicyclic amines) is 1. The SMILES string of the molecule is CC(C)(C)[Si](C)(C)OCCC1C(=O)N(Cc2ccccc2)C1CCO. The van der Waals surface area contributed by atoms with Crippen molar-refractivity contribution in [1.29, 1.82) is 0 Å². The molecule has 25 heavy (non-hydrogen) atoms. The molecule has 2 unspecified atom stereocenters. The molecule has 1 N–H and O–H groups in total. The van der Waals surface area contributed by atoms with Gasteiger partial charge in [0.2, 0.25) is 5.91 Å². The van der Waals surface area contributed by atoms with Gasteiger partial charge in [-0.25, -0.2) is 0 Å². The van der Waals surface area contributed by atoms with Gasteiger partial charge in [0, 0.05) is 25.8 Å². The van der Waals surface area contributed by atoms with Crippen LogP contribution in [0.25, 0.3) is 0 Å². The summed E-state index contributed by atoms with van der Waals surface area (Å²) in [5.74, 6) is 0.182. The molecule has 0 saturated carbocycles. The average Bonchev–Trinajstić information content (AvgIpc) is 2.55. The first-order valence-electron chi connectivity index (χ1n) is 9.26. The highest BCUT2D eigenvalue weighted by atomic mass is 28.4. The topological polar surface area (TPSA) is 49.8 Å². The van der Waals surface area contributed by atoms with Crippen LogP contribution in [-0.2, 0) is 15.8 Å². The molecule has 0 aromatic heterocycles. The maximum absolute atomic E-state index is 12.6. The lowest BCUT2D eigenvalue weighted by Gasteiger charge is -2.48. The molecule has 4 nitrogen and oxygen atoms in total. The van der Waals surface area contributed by atoms with Gasteiger partial charge in [-0.05, 0) is 36.5 Å². The van der Waals surface area contributed by atoms with Gasteiger partial charge in [0.25, 0.3) is 0 Å². The van der Waals surface area contributed by atoms with Gasteiger partial charge in [-0.2, -0.15) is 0 Å². The number of hydrogen-bond donors (Lipinski definition) is 1. The fourth-order valence-corrected chi connectivity index (χ4v) is 4.18. The van der Waals surface area contributed by atoms with E-state index < -0.39 is 8.32 Å². The van der Waals surface area contributed by atoms with Crippen LogP contribution in [0.3, 0.4) is 0 Å². The summed E-state index contributed by atoms with van der Waals surface area (Å²) in [6, 6.07) is 10.2. The minimum Gasteiger partial charge on any atom is -0.417 e. The second-order valence-corrected chi connectivity index (χ2v) is 13.3. The van der Waals surface area contributed by atoms with Crippen molar-refractivity contribution in [3.05, 3.63) is 35.9 Å². The first-order chi connectivity index (χ1) is 11.7. The summed E-state index contributed by atoms with van der Waals surface area (Å²) < 4.78 is 6.23. The minimum absolute atomic E-state index is 0.0133. The first-order valence-corrected chi connectivity index (χ1v) is 12.2. The van der Waals surface area contributed by atoms with Crippen LogP contribution in [0.2, 0.25) is 18.1 Å². The molecule has 1 aromatic rings. The number of carbonyl (C=O) groups is 1. The Kier molecular flexibility index (Phi) is 6.46. The Labute approximate surface area is 153 Å². The fourth-order valence-electron chi connectivity index (χ4n) is 3.11. The van der Waals surface area contributed by atoms with Gasteiger partial charge in [-0.1, -0.05) is 51.1 Å². The standard InChI is InChI=1S/C20H33NO3Si/c1-20(2,3)25(4,5)24-14-12-17-18(11-13-22)21(19(17)23)15-16-9-7-6-8-10-16/h6-10,17-18,22H,11-15H2,1-5H3. The lowest BCUT2D eigenvalue weighted by molar-refractivity contribution is -0.159. The van der Waals surface area contributed by atoms with Crippen LogP contribution in [0.15, 0.2) is 30.3 Å². The Balaban J connectivity index is 1.92. The highest BCUT2D eigenvalue weighted by molar-refractivity contribution is 6.74. The van der Waals surface area contributed by atoms with E-state index in [0.29, 0.717) is 19.6 Å². The maximum Gasteiger partial charge on any atom is 0.228 e. The van der Waals surface area contributed by atoms with Crippen LogP contribution in [0.4, 0.5) is 0 Å². The highest BCUT2D eigenvalue weighted by Crippen LogP contribution is 2.38. The van der Waals surface area contributed by atoms with E-state index in [-0.39, 0.29) is 29.5 Å². The Bertz CT molecular complexity index is 568. The maximum atomic E-state index is 12.6. The molecule has 0 radical (unpaired) electrons.